The molecule has 0 saturated heterocycles. The maximum Gasteiger partial charge on any atom is 0.337 e. The minimum absolute atomic E-state index is 0.107. The Bertz CT molecular complexity index is 861. The molecule has 3 nitrogen and oxygen atoms in total. The van der Waals surface area contributed by atoms with Gasteiger partial charge in [0, 0.05) is 5.92 Å². The summed E-state index contributed by atoms with van der Waals surface area (Å²) in [5.41, 5.74) is 3.76. The monoisotopic (exact) mass is 373 g/mol. The Kier molecular flexibility index (Phi) is 4.22. The Balaban J connectivity index is 1.73. The summed E-state index contributed by atoms with van der Waals surface area (Å²) in [5.74, 6) is 0.397. The molecule has 3 atom stereocenters. The van der Waals surface area contributed by atoms with Crippen LogP contribution in [0.15, 0.2) is 48.6 Å². The quantitative estimate of drug-likeness (QED) is 0.549. The fourth-order valence-corrected chi connectivity index (χ4v) is 4.26. The first-order chi connectivity index (χ1) is 12.1. The van der Waals surface area contributed by atoms with E-state index in [1.807, 2.05) is 18.2 Å². The lowest BCUT2D eigenvalue weighted by Gasteiger charge is -2.38. The van der Waals surface area contributed by atoms with Gasteiger partial charge in [0.15, 0.2) is 0 Å². The first-order valence-corrected chi connectivity index (χ1v) is 8.95. The van der Waals surface area contributed by atoms with Gasteiger partial charge in [-0.25, -0.2) is 4.79 Å². The number of benzene rings is 2. The highest BCUT2D eigenvalue weighted by molar-refractivity contribution is 6.43. The zero-order valence-electron chi connectivity index (χ0n) is 13.6. The maximum absolute atomic E-state index is 11.6. The molecule has 25 heavy (non-hydrogen) atoms. The van der Waals surface area contributed by atoms with E-state index in [0.717, 1.165) is 17.7 Å². The highest BCUT2D eigenvalue weighted by Gasteiger charge is 2.38. The van der Waals surface area contributed by atoms with Gasteiger partial charge in [-0.05, 0) is 41.7 Å². The maximum atomic E-state index is 11.6. The highest BCUT2D eigenvalue weighted by Crippen LogP contribution is 2.52. The van der Waals surface area contributed by atoms with Crippen LogP contribution in [-0.4, -0.2) is 13.1 Å². The van der Waals surface area contributed by atoms with Crippen LogP contribution in [0.1, 0.15) is 39.9 Å². The molecule has 0 unspecified atom stereocenters. The number of hydrogen-bond donors (Lipinski definition) is 1. The lowest BCUT2D eigenvalue weighted by atomic mass is 9.77. The molecule has 1 aliphatic carbocycles. The number of esters is 1. The van der Waals surface area contributed by atoms with Gasteiger partial charge in [0.25, 0.3) is 0 Å². The molecular weight excluding hydrogens is 357 g/mol. The molecule has 1 aliphatic heterocycles. The van der Waals surface area contributed by atoms with E-state index >= 15 is 0 Å². The Morgan fingerprint density at radius 2 is 1.92 bits per heavy atom. The van der Waals surface area contributed by atoms with Crippen molar-refractivity contribution in [1.82, 2.24) is 0 Å². The largest absolute Gasteiger partial charge is 0.465 e. The highest BCUT2D eigenvalue weighted by atomic mass is 35.5. The van der Waals surface area contributed by atoms with E-state index in [1.165, 1.54) is 12.7 Å². The van der Waals surface area contributed by atoms with Gasteiger partial charge < -0.3 is 10.1 Å². The van der Waals surface area contributed by atoms with Crippen molar-refractivity contribution in [3.05, 3.63) is 75.3 Å². The summed E-state index contributed by atoms with van der Waals surface area (Å²) in [4.78, 5) is 11.6. The van der Waals surface area contributed by atoms with Crippen molar-refractivity contribution in [3.8, 4) is 0 Å². The molecule has 2 aromatic rings. The average Bonchev–Trinajstić information content (AvgIpc) is 3.13. The predicted octanol–water partition coefficient (Wildman–Crippen LogP) is 5.61. The summed E-state index contributed by atoms with van der Waals surface area (Å²) >= 11 is 12.7. The van der Waals surface area contributed by atoms with E-state index in [9.17, 15) is 4.79 Å². The van der Waals surface area contributed by atoms with Crippen LogP contribution in [0.2, 0.25) is 10.0 Å². The number of ether oxygens (including phenoxy) is 1. The molecule has 0 aromatic heterocycles. The van der Waals surface area contributed by atoms with Crippen LogP contribution in [0.5, 0.6) is 0 Å². The number of halogens is 2. The van der Waals surface area contributed by atoms with Gasteiger partial charge in [-0.15, -0.1) is 0 Å². The molecule has 0 bridgehead atoms. The van der Waals surface area contributed by atoms with Gasteiger partial charge in [0.05, 0.1) is 34.4 Å². The predicted molar refractivity (Wildman–Crippen MR) is 101 cm³/mol. The molecule has 1 heterocycles. The number of rotatable bonds is 2. The number of allylic oxidation sites excluding steroid dienone is 2. The number of nitrogens with one attached hydrogen (secondary N) is 1. The van der Waals surface area contributed by atoms with E-state index in [2.05, 4.69) is 23.5 Å². The molecule has 2 aliphatic rings. The second-order valence-electron chi connectivity index (χ2n) is 6.41. The SMILES string of the molecule is COC(=O)c1ccc([C@@H]2Nc3c(ccc(Cl)c3Cl)[C@@H]3C=CC[C@H]32)cc1. The van der Waals surface area contributed by atoms with Gasteiger partial charge in [0.2, 0.25) is 0 Å². The number of carbonyl (C=O) groups is 1. The van der Waals surface area contributed by atoms with Gasteiger partial charge in [0.1, 0.15) is 0 Å². The lowest BCUT2D eigenvalue weighted by molar-refractivity contribution is 0.0600. The second-order valence-corrected chi connectivity index (χ2v) is 7.20. The molecule has 1 N–H and O–H groups in total. The molecule has 5 heteroatoms. The fraction of sp³-hybridized carbons (Fsp3) is 0.250. The zero-order valence-corrected chi connectivity index (χ0v) is 15.1. The number of anilines is 1. The topological polar surface area (TPSA) is 38.3 Å². The van der Waals surface area contributed by atoms with Gasteiger partial charge in [-0.3, -0.25) is 0 Å². The normalized spacial score (nSPS) is 23.6. The van der Waals surface area contributed by atoms with Gasteiger partial charge in [-0.2, -0.15) is 0 Å². The van der Waals surface area contributed by atoms with Crippen molar-refractivity contribution in [2.45, 2.75) is 18.4 Å². The first-order valence-electron chi connectivity index (χ1n) is 8.19. The molecule has 0 saturated carbocycles. The van der Waals surface area contributed by atoms with Crippen molar-refractivity contribution < 1.29 is 9.53 Å². The van der Waals surface area contributed by atoms with Gasteiger partial charge in [-0.1, -0.05) is 53.6 Å². The average molecular weight is 374 g/mol. The third-order valence-corrected chi connectivity index (χ3v) is 5.92. The zero-order chi connectivity index (χ0) is 17.6. The number of methoxy groups -OCH3 is 1. The van der Waals surface area contributed by atoms with E-state index in [0.29, 0.717) is 27.4 Å². The van der Waals surface area contributed by atoms with E-state index in [1.54, 1.807) is 12.1 Å². The molecular formula is C20H17Cl2NO2. The van der Waals surface area contributed by atoms with E-state index in [4.69, 9.17) is 27.9 Å². The summed E-state index contributed by atoms with van der Waals surface area (Å²) in [5, 5.41) is 4.70. The third kappa shape index (κ3) is 2.72. The summed E-state index contributed by atoms with van der Waals surface area (Å²) in [6, 6.07) is 11.6. The van der Waals surface area contributed by atoms with Crippen molar-refractivity contribution in [1.29, 1.82) is 0 Å². The van der Waals surface area contributed by atoms with Crippen LogP contribution >= 0.6 is 23.2 Å². The van der Waals surface area contributed by atoms with Crippen molar-refractivity contribution in [2.75, 3.05) is 12.4 Å². The minimum atomic E-state index is -0.330. The van der Waals surface area contributed by atoms with Crippen LogP contribution in [0, 0.1) is 5.92 Å². The van der Waals surface area contributed by atoms with Gasteiger partial charge >= 0.3 is 5.97 Å². The Hall–Kier alpha value is -1.97. The van der Waals surface area contributed by atoms with E-state index < -0.39 is 0 Å². The van der Waals surface area contributed by atoms with Crippen LogP contribution in [0.4, 0.5) is 5.69 Å². The summed E-state index contributed by atoms with van der Waals surface area (Å²) in [6.07, 6.45) is 5.48. The third-order valence-electron chi connectivity index (χ3n) is 5.12. The van der Waals surface area contributed by atoms with Crippen LogP contribution in [0.3, 0.4) is 0 Å². The van der Waals surface area contributed by atoms with Crippen molar-refractivity contribution in [3.63, 3.8) is 0 Å². The number of hydrogen-bond acceptors (Lipinski definition) is 3. The van der Waals surface area contributed by atoms with Crippen molar-refractivity contribution >= 4 is 34.9 Å². The standard InChI is InChI=1S/C20H17Cl2NO2/c1-25-20(24)12-7-5-11(6-8-12)18-14-4-2-3-13(14)15-9-10-16(21)17(22)19(15)23-18/h2-3,5-10,13-14,18,23H,4H2,1H3/t13-,14-,18+/m1/s1. The number of fused-ring (bicyclic) bond motifs is 3. The fourth-order valence-electron chi connectivity index (χ4n) is 3.88. The Morgan fingerprint density at radius 3 is 2.64 bits per heavy atom. The summed E-state index contributed by atoms with van der Waals surface area (Å²) in [6.45, 7) is 0. The molecule has 0 amide bonds. The molecule has 0 spiro atoms. The van der Waals surface area contributed by atoms with Crippen LogP contribution < -0.4 is 5.32 Å². The Labute approximate surface area is 156 Å². The molecule has 0 fully saturated rings. The molecule has 4 rings (SSSR count). The smallest absolute Gasteiger partial charge is 0.337 e. The van der Waals surface area contributed by atoms with Crippen LogP contribution in [0.25, 0.3) is 0 Å². The van der Waals surface area contributed by atoms with E-state index in [-0.39, 0.29) is 12.0 Å². The minimum Gasteiger partial charge on any atom is -0.465 e. The lowest BCUT2D eigenvalue weighted by Crippen LogP contribution is -2.29. The molecule has 128 valence electrons. The molecule has 2 aromatic carbocycles. The molecule has 0 radical (unpaired) electrons. The summed E-state index contributed by atoms with van der Waals surface area (Å²) < 4.78 is 4.77. The van der Waals surface area contributed by atoms with Crippen LogP contribution in [-0.2, 0) is 4.74 Å². The van der Waals surface area contributed by atoms with Crippen molar-refractivity contribution in [2.24, 2.45) is 5.92 Å². The number of carbonyl (C=O) groups excluding carboxylic acids is 1. The second kappa shape index (κ2) is 6.40. The first kappa shape index (κ1) is 16.5. The Morgan fingerprint density at radius 1 is 1.16 bits per heavy atom. The summed E-state index contributed by atoms with van der Waals surface area (Å²) in [7, 11) is 1.39.